The average Bonchev–Trinajstić information content (AvgIpc) is 2.41. The van der Waals surface area contributed by atoms with Crippen molar-refractivity contribution in [1.82, 2.24) is 0 Å². The Balaban J connectivity index is 1.95. The SMILES string of the molecule is CCCCOc1ccc(C2=CC[C@H](C)CC2)cc1. The van der Waals surface area contributed by atoms with Crippen molar-refractivity contribution >= 4 is 5.57 Å². The largest absolute Gasteiger partial charge is 0.494 e. The fourth-order valence-corrected chi connectivity index (χ4v) is 2.33. The van der Waals surface area contributed by atoms with Crippen LogP contribution < -0.4 is 4.74 Å². The van der Waals surface area contributed by atoms with Gasteiger partial charge in [-0.15, -0.1) is 0 Å². The fraction of sp³-hybridized carbons (Fsp3) is 0.529. The van der Waals surface area contributed by atoms with Crippen LogP contribution >= 0.6 is 0 Å². The maximum Gasteiger partial charge on any atom is 0.119 e. The quantitative estimate of drug-likeness (QED) is 0.657. The molecule has 0 amide bonds. The van der Waals surface area contributed by atoms with E-state index in [-0.39, 0.29) is 0 Å². The van der Waals surface area contributed by atoms with Crippen molar-refractivity contribution in [3.05, 3.63) is 35.9 Å². The van der Waals surface area contributed by atoms with Gasteiger partial charge in [-0.25, -0.2) is 0 Å². The van der Waals surface area contributed by atoms with Crippen LogP contribution in [0.2, 0.25) is 0 Å². The summed E-state index contributed by atoms with van der Waals surface area (Å²) in [6.07, 6.45) is 8.48. The summed E-state index contributed by atoms with van der Waals surface area (Å²) in [5, 5.41) is 0. The molecular weight excluding hydrogens is 220 g/mol. The smallest absolute Gasteiger partial charge is 0.119 e. The lowest BCUT2D eigenvalue weighted by Gasteiger charge is -2.18. The Hall–Kier alpha value is -1.24. The number of benzene rings is 1. The summed E-state index contributed by atoms with van der Waals surface area (Å²) in [7, 11) is 0. The summed E-state index contributed by atoms with van der Waals surface area (Å²) in [5.74, 6) is 1.85. The minimum absolute atomic E-state index is 0.829. The molecule has 0 bridgehead atoms. The zero-order valence-corrected chi connectivity index (χ0v) is 11.6. The van der Waals surface area contributed by atoms with E-state index >= 15 is 0 Å². The number of ether oxygens (including phenoxy) is 1. The highest BCUT2D eigenvalue weighted by atomic mass is 16.5. The highest BCUT2D eigenvalue weighted by Crippen LogP contribution is 2.30. The number of unbranched alkanes of at least 4 members (excludes halogenated alkanes) is 1. The summed E-state index contributed by atoms with van der Waals surface area (Å²) in [6, 6.07) is 8.60. The van der Waals surface area contributed by atoms with Crippen molar-refractivity contribution in [2.45, 2.75) is 46.0 Å². The lowest BCUT2D eigenvalue weighted by Crippen LogP contribution is -2.01. The normalized spacial score (nSPS) is 19.4. The van der Waals surface area contributed by atoms with Crippen LogP contribution in [0.4, 0.5) is 0 Å². The van der Waals surface area contributed by atoms with Crippen LogP contribution in [-0.4, -0.2) is 6.61 Å². The number of hydrogen-bond acceptors (Lipinski definition) is 1. The fourth-order valence-electron chi connectivity index (χ4n) is 2.33. The minimum atomic E-state index is 0.829. The molecule has 0 radical (unpaired) electrons. The lowest BCUT2D eigenvalue weighted by atomic mass is 9.88. The minimum Gasteiger partial charge on any atom is -0.494 e. The summed E-state index contributed by atoms with van der Waals surface area (Å²) in [4.78, 5) is 0. The zero-order chi connectivity index (χ0) is 12.8. The predicted molar refractivity (Wildman–Crippen MR) is 77.8 cm³/mol. The first kappa shape index (κ1) is 13.2. The molecule has 1 aromatic carbocycles. The van der Waals surface area contributed by atoms with Crippen LogP contribution in [0.15, 0.2) is 30.3 Å². The van der Waals surface area contributed by atoms with Crippen LogP contribution in [0.25, 0.3) is 5.57 Å². The lowest BCUT2D eigenvalue weighted by molar-refractivity contribution is 0.309. The van der Waals surface area contributed by atoms with E-state index in [9.17, 15) is 0 Å². The molecule has 0 N–H and O–H groups in total. The van der Waals surface area contributed by atoms with Gasteiger partial charge in [-0.2, -0.15) is 0 Å². The molecule has 18 heavy (non-hydrogen) atoms. The van der Waals surface area contributed by atoms with E-state index in [0.29, 0.717) is 0 Å². The maximum atomic E-state index is 5.69. The van der Waals surface area contributed by atoms with Gasteiger partial charge in [-0.05, 0) is 54.9 Å². The first-order valence-corrected chi connectivity index (χ1v) is 7.22. The average molecular weight is 244 g/mol. The number of allylic oxidation sites excluding steroid dienone is 2. The molecule has 1 nitrogen and oxygen atoms in total. The molecule has 1 aliphatic carbocycles. The highest BCUT2D eigenvalue weighted by molar-refractivity contribution is 5.66. The third kappa shape index (κ3) is 3.63. The third-order valence-corrected chi connectivity index (χ3v) is 3.66. The highest BCUT2D eigenvalue weighted by Gasteiger charge is 2.11. The molecule has 2 rings (SSSR count). The second kappa shape index (κ2) is 6.63. The molecule has 1 aromatic rings. The van der Waals surface area contributed by atoms with Crippen LogP contribution in [0, 0.1) is 5.92 Å². The van der Waals surface area contributed by atoms with Gasteiger partial charge in [-0.3, -0.25) is 0 Å². The maximum absolute atomic E-state index is 5.69. The van der Waals surface area contributed by atoms with Crippen molar-refractivity contribution in [2.75, 3.05) is 6.61 Å². The Labute approximate surface area is 111 Å². The second-order valence-corrected chi connectivity index (χ2v) is 5.34. The van der Waals surface area contributed by atoms with Gasteiger partial charge in [-0.1, -0.05) is 38.5 Å². The zero-order valence-electron chi connectivity index (χ0n) is 11.6. The molecule has 98 valence electrons. The van der Waals surface area contributed by atoms with E-state index in [1.165, 1.54) is 36.8 Å². The van der Waals surface area contributed by atoms with Gasteiger partial charge < -0.3 is 4.74 Å². The molecule has 1 atom stereocenters. The second-order valence-electron chi connectivity index (χ2n) is 5.34. The number of rotatable bonds is 5. The van der Waals surface area contributed by atoms with Gasteiger partial charge >= 0.3 is 0 Å². The summed E-state index contributed by atoms with van der Waals surface area (Å²) in [6.45, 7) is 5.34. The third-order valence-electron chi connectivity index (χ3n) is 3.66. The van der Waals surface area contributed by atoms with E-state index in [1.807, 2.05) is 0 Å². The Bertz CT molecular complexity index is 389. The molecule has 0 unspecified atom stereocenters. The molecule has 0 aliphatic heterocycles. The molecule has 0 fully saturated rings. The van der Waals surface area contributed by atoms with Gasteiger partial charge in [0, 0.05) is 0 Å². The van der Waals surface area contributed by atoms with E-state index in [0.717, 1.165) is 24.7 Å². The summed E-state index contributed by atoms with van der Waals surface area (Å²) >= 11 is 0. The van der Waals surface area contributed by atoms with Crippen molar-refractivity contribution in [1.29, 1.82) is 0 Å². The topological polar surface area (TPSA) is 9.23 Å². The van der Waals surface area contributed by atoms with Crippen molar-refractivity contribution in [2.24, 2.45) is 5.92 Å². The molecule has 1 heteroatoms. The van der Waals surface area contributed by atoms with Gasteiger partial charge in [0.25, 0.3) is 0 Å². The predicted octanol–water partition coefficient (Wildman–Crippen LogP) is 5.07. The van der Waals surface area contributed by atoms with Crippen LogP contribution in [0.3, 0.4) is 0 Å². The van der Waals surface area contributed by atoms with E-state index in [1.54, 1.807) is 0 Å². The van der Waals surface area contributed by atoms with E-state index in [2.05, 4.69) is 44.2 Å². The van der Waals surface area contributed by atoms with Crippen LogP contribution in [0.5, 0.6) is 5.75 Å². The monoisotopic (exact) mass is 244 g/mol. The van der Waals surface area contributed by atoms with Gasteiger partial charge in [0.15, 0.2) is 0 Å². The summed E-state index contributed by atoms with van der Waals surface area (Å²) in [5.41, 5.74) is 2.87. The molecular formula is C17H24O. The van der Waals surface area contributed by atoms with Gasteiger partial charge in [0.1, 0.15) is 5.75 Å². The molecule has 0 saturated carbocycles. The standard InChI is InChI=1S/C17H24O/c1-3-4-13-18-17-11-9-16(10-12-17)15-7-5-14(2)6-8-15/h7,9-12,14H,3-6,8,13H2,1-2H3/t14-/m0/s1. The van der Waals surface area contributed by atoms with Crippen LogP contribution in [-0.2, 0) is 0 Å². The molecule has 0 spiro atoms. The van der Waals surface area contributed by atoms with E-state index < -0.39 is 0 Å². The Morgan fingerprint density at radius 3 is 2.61 bits per heavy atom. The van der Waals surface area contributed by atoms with E-state index in [4.69, 9.17) is 4.74 Å². The summed E-state index contributed by atoms with van der Waals surface area (Å²) < 4.78 is 5.69. The van der Waals surface area contributed by atoms with Crippen molar-refractivity contribution < 1.29 is 4.74 Å². The van der Waals surface area contributed by atoms with Crippen molar-refractivity contribution in [3.8, 4) is 5.75 Å². The molecule has 0 aromatic heterocycles. The Morgan fingerprint density at radius 2 is 2.00 bits per heavy atom. The molecule has 0 heterocycles. The first-order chi connectivity index (χ1) is 8.79. The molecule has 1 aliphatic rings. The Morgan fingerprint density at radius 1 is 1.22 bits per heavy atom. The van der Waals surface area contributed by atoms with Crippen LogP contribution in [0.1, 0.15) is 51.5 Å². The van der Waals surface area contributed by atoms with Gasteiger partial charge in [0.2, 0.25) is 0 Å². The van der Waals surface area contributed by atoms with Gasteiger partial charge in [0.05, 0.1) is 6.61 Å². The number of hydrogen-bond donors (Lipinski definition) is 0. The Kier molecular flexibility index (Phi) is 4.86. The molecule has 0 saturated heterocycles. The van der Waals surface area contributed by atoms with Crippen molar-refractivity contribution in [3.63, 3.8) is 0 Å². The first-order valence-electron chi connectivity index (χ1n) is 7.22.